The standard InChI is InChI=1S/C15H25N3OS.HI/c1-4-16-15(18-13(2)3)17-10-11-20(19)12-14-8-6-5-7-9-14;/h5-9,13H,4,10-12H2,1-3H3,(H2,16,17,18);1H. The Hall–Kier alpha value is -0.630. The number of halogens is 1. The molecule has 1 atom stereocenters. The van der Waals surface area contributed by atoms with Crippen LogP contribution >= 0.6 is 24.0 Å². The molecule has 0 heterocycles. The van der Waals surface area contributed by atoms with E-state index >= 15 is 0 Å². The Bertz CT molecular complexity index is 438. The van der Waals surface area contributed by atoms with Crippen molar-refractivity contribution in [2.24, 2.45) is 4.99 Å². The molecule has 0 fully saturated rings. The molecule has 0 radical (unpaired) electrons. The summed E-state index contributed by atoms with van der Waals surface area (Å²) in [6.07, 6.45) is 0. The van der Waals surface area contributed by atoms with E-state index in [1.165, 1.54) is 0 Å². The van der Waals surface area contributed by atoms with E-state index in [1.807, 2.05) is 37.3 Å². The Balaban J connectivity index is 0.00000400. The van der Waals surface area contributed by atoms with Crippen molar-refractivity contribution in [3.05, 3.63) is 35.9 Å². The lowest BCUT2D eigenvalue weighted by atomic mass is 10.2. The van der Waals surface area contributed by atoms with Crippen LogP contribution in [0, 0.1) is 0 Å². The summed E-state index contributed by atoms with van der Waals surface area (Å²) in [7, 11) is -0.867. The lowest BCUT2D eigenvalue weighted by molar-refractivity contribution is 0.681. The summed E-state index contributed by atoms with van der Waals surface area (Å²) in [5.41, 5.74) is 1.11. The van der Waals surface area contributed by atoms with Crippen LogP contribution in [0.1, 0.15) is 26.3 Å². The van der Waals surface area contributed by atoms with Gasteiger partial charge >= 0.3 is 0 Å². The van der Waals surface area contributed by atoms with Crippen molar-refractivity contribution in [3.8, 4) is 0 Å². The second kappa shape index (κ2) is 12.0. The minimum absolute atomic E-state index is 0. The van der Waals surface area contributed by atoms with Crippen molar-refractivity contribution in [1.29, 1.82) is 0 Å². The van der Waals surface area contributed by atoms with Crippen LogP contribution in [-0.4, -0.2) is 35.1 Å². The molecule has 0 aliphatic heterocycles. The molecule has 6 heteroatoms. The number of benzene rings is 1. The number of hydrogen-bond acceptors (Lipinski definition) is 2. The molecule has 120 valence electrons. The van der Waals surface area contributed by atoms with Crippen LogP contribution in [0.25, 0.3) is 0 Å². The summed E-state index contributed by atoms with van der Waals surface area (Å²) in [6.45, 7) is 7.57. The van der Waals surface area contributed by atoms with Gasteiger partial charge in [0.05, 0.1) is 6.54 Å². The van der Waals surface area contributed by atoms with E-state index in [0.29, 0.717) is 24.1 Å². The summed E-state index contributed by atoms with van der Waals surface area (Å²) < 4.78 is 12.0. The topological polar surface area (TPSA) is 53.5 Å². The van der Waals surface area contributed by atoms with Crippen molar-refractivity contribution in [2.75, 3.05) is 18.8 Å². The quantitative estimate of drug-likeness (QED) is 0.403. The number of nitrogens with zero attached hydrogens (tertiary/aromatic N) is 1. The van der Waals surface area contributed by atoms with Crippen molar-refractivity contribution in [2.45, 2.75) is 32.6 Å². The maximum absolute atomic E-state index is 12.0. The lowest BCUT2D eigenvalue weighted by Gasteiger charge is -2.13. The van der Waals surface area contributed by atoms with Gasteiger partial charge in [-0.1, -0.05) is 30.3 Å². The van der Waals surface area contributed by atoms with E-state index < -0.39 is 10.8 Å². The first-order chi connectivity index (χ1) is 9.61. The number of rotatable bonds is 7. The summed E-state index contributed by atoms with van der Waals surface area (Å²) in [6, 6.07) is 10.3. The van der Waals surface area contributed by atoms with Gasteiger partial charge in [0.2, 0.25) is 0 Å². The van der Waals surface area contributed by atoms with Crippen LogP contribution < -0.4 is 10.6 Å². The molecule has 0 bridgehead atoms. The Labute approximate surface area is 147 Å². The first-order valence-corrected chi connectivity index (χ1v) is 8.54. The zero-order valence-corrected chi connectivity index (χ0v) is 16.1. The fourth-order valence-electron chi connectivity index (χ4n) is 1.69. The molecule has 0 aliphatic carbocycles. The number of aliphatic imine (C=N–C) groups is 1. The number of nitrogens with one attached hydrogen (secondary N) is 2. The van der Waals surface area contributed by atoms with Crippen molar-refractivity contribution in [3.63, 3.8) is 0 Å². The second-order valence-electron chi connectivity index (χ2n) is 4.83. The molecule has 0 saturated heterocycles. The molecule has 0 amide bonds. The Morgan fingerprint density at radius 3 is 2.52 bits per heavy atom. The minimum Gasteiger partial charge on any atom is -0.357 e. The highest BCUT2D eigenvalue weighted by molar-refractivity contribution is 14.0. The number of guanidine groups is 1. The summed E-state index contributed by atoms with van der Waals surface area (Å²) in [4.78, 5) is 4.44. The highest BCUT2D eigenvalue weighted by Gasteiger charge is 2.03. The monoisotopic (exact) mass is 423 g/mol. The zero-order chi connectivity index (χ0) is 14.8. The van der Waals surface area contributed by atoms with Gasteiger partial charge in [-0.2, -0.15) is 0 Å². The molecule has 1 unspecified atom stereocenters. The Kier molecular flexibility index (Phi) is 11.6. The molecule has 4 nitrogen and oxygen atoms in total. The van der Waals surface area contributed by atoms with E-state index in [4.69, 9.17) is 0 Å². The van der Waals surface area contributed by atoms with Gasteiger partial charge < -0.3 is 10.6 Å². The van der Waals surface area contributed by atoms with Gasteiger partial charge in [0.1, 0.15) is 0 Å². The first kappa shape index (κ1) is 20.4. The molecule has 1 aromatic rings. The molecule has 1 rings (SSSR count). The fourth-order valence-corrected chi connectivity index (χ4v) is 2.69. The van der Waals surface area contributed by atoms with Crippen LogP contribution in [0.2, 0.25) is 0 Å². The van der Waals surface area contributed by atoms with E-state index in [-0.39, 0.29) is 24.0 Å². The molecular weight excluding hydrogens is 397 g/mol. The predicted molar refractivity (Wildman–Crippen MR) is 103 cm³/mol. The third-order valence-electron chi connectivity index (χ3n) is 2.53. The van der Waals surface area contributed by atoms with Crippen LogP contribution in [0.15, 0.2) is 35.3 Å². The average molecular weight is 423 g/mol. The minimum atomic E-state index is -0.867. The zero-order valence-electron chi connectivity index (χ0n) is 13.0. The molecule has 0 saturated carbocycles. The first-order valence-electron chi connectivity index (χ1n) is 7.05. The molecule has 21 heavy (non-hydrogen) atoms. The largest absolute Gasteiger partial charge is 0.357 e. The highest BCUT2D eigenvalue weighted by Crippen LogP contribution is 2.02. The van der Waals surface area contributed by atoms with E-state index in [0.717, 1.165) is 18.1 Å². The van der Waals surface area contributed by atoms with Crippen LogP contribution in [-0.2, 0) is 16.6 Å². The smallest absolute Gasteiger partial charge is 0.191 e. The molecular formula is C15H26IN3OS. The molecule has 0 aliphatic rings. The fraction of sp³-hybridized carbons (Fsp3) is 0.533. The lowest BCUT2D eigenvalue weighted by Crippen LogP contribution is -2.41. The van der Waals surface area contributed by atoms with Gasteiger partial charge in [-0.05, 0) is 26.3 Å². The Morgan fingerprint density at radius 1 is 1.29 bits per heavy atom. The van der Waals surface area contributed by atoms with Crippen LogP contribution in [0.4, 0.5) is 0 Å². The maximum Gasteiger partial charge on any atom is 0.191 e. The highest BCUT2D eigenvalue weighted by atomic mass is 127. The molecule has 0 spiro atoms. The number of hydrogen-bond donors (Lipinski definition) is 2. The maximum atomic E-state index is 12.0. The molecule has 0 aromatic heterocycles. The van der Waals surface area contributed by atoms with Crippen molar-refractivity contribution < 1.29 is 4.21 Å². The van der Waals surface area contributed by atoms with Crippen LogP contribution in [0.3, 0.4) is 0 Å². The van der Waals surface area contributed by atoms with Gasteiger partial charge in [-0.3, -0.25) is 9.20 Å². The third-order valence-corrected chi connectivity index (χ3v) is 3.82. The third kappa shape index (κ3) is 9.84. The SMILES string of the molecule is CCNC(=NCCS(=O)Cc1ccccc1)NC(C)C.I. The summed E-state index contributed by atoms with van der Waals surface area (Å²) >= 11 is 0. The van der Waals surface area contributed by atoms with E-state index in [2.05, 4.69) is 29.5 Å². The average Bonchev–Trinajstić information content (AvgIpc) is 2.39. The Morgan fingerprint density at radius 2 is 1.95 bits per heavy atom. The normalized spacial score (nSPS) is 12.7. The summed E-state index contributed by atoms with van der Waals surface area (Å²) in [5.74, 6) is 1.98. The van der Waals surface area contributed by atoms with Crippen LogP contribution in [0.5, 0.6) is 0 Å². The van der Waals surface area contributed by atoms with Gasteiger partial charge in [0.15, 0.2) is 5.96 Å². The van der Waals surface area contributed by atoms with E-state index in [1.54, 1.807) is 0 Å². The molecule has 2 N–H and O–H groups in total. The molecule has 1 aromatic carbocycles. The predicted octanol–water partition coefficient (Wildman–Crippen LogP) is 2.52. The van der Waals surface area contributed by atoms with Gasteiger partial charge in [-0.15, -0.1) is 24.0 Å². The second-order valence-corrected chi connectivity index (χ2v) is 6.41. The van der Waals surface area contributed by atoms with Gasteiger partial charge in [-0.25, -0.2) is 0 Å². The van der Waals surface area contributed by atoms with E-state index in [9.17, 15) is 4.21 Å². The summed E-state index contributed by atoms with van der Waals surface area (Å²) in [5, 5.41) is 6.42. The van der Waals surface area contributed by atoms with Gasteiger partial charge in [0.25, 0.3) is 0 Å². The van der Waals surface area contributed by atoms with Gasteiger partial charge in [0, 0.05) is 34.9 Å². The van der Waals surface area contributed by atoms with Crippen molar-refractivity contribution in [1.82, 2.24) is 10.6 Å². The van der Waals surface area contributed by atoms with Crippen molar-refractivity contribution >= 4 is 40.7 Å².